The first-order valence-corrected chi connectivity index (χ1v) is 11.0. The molecular weight excluding hydrogens is 430 g/mol. The zero-order valence-corrected chi connectivity index (χ0v) is 18.3. The Morgan fingerprint density at radius 1 is 1.06 bits per heavy atom. The number of carbonyl (C=O) groups is 1. The van der Waals surface area contributed by atoms with Crippen molar-refractivity contribution < 1.29 is 14.3 Å². The van der Waals surface area contributed by atoms with E-state index in [2.05, 4.69) is 5.10 Å². The molecular formula is C24H22ClN3O4. The fourth-order valence-corrected chi connectivity index (χ4v) is 4.42. The Morgan fingerprint density at radius 2 is 1.81 bits per heavy atom. The molecule has 7 nitrogen and oxygen atoms in total. The zero-order valence-electron chi connectivity index (χ0n) is 17.6. The van der Waals surface area contributed by atoms with Crippen molar-refractivity contribution in [3.63, 3.8) is 0 Å². The summed E-state index contributed by atoms with van der Waals surface area (Å²) in [5.74, 6) is 1.03. The van der Waals surface area contributed by atoms with Gasteiger partial charge in [0.2, 0.25) is 5.43 Å². The van der Waals surface area contributed by atoms with E-state index in [4.69, 9.17) is 21.1 Å². The van der Waals surface area contributed by atoms with Crippen LogP contribution >= 0.6 is 11.6 Å². The number of likely N-dealkylation sites (tertiary alicyclic amines) is 1. The minimum absolute atomic E-state index is 0.0880. The third-order valence-corrected chi connectivity index (χ3v) is 6.10. The lowest BCUT2D eigenvalue weighted by Crippen LogP contribution is -2.36. The Hall–Kier alpha value is -3.32. The molecule has 0 radical (unpaired) electrons. The Morgan fingerprint density at radius 3 is 2.59 bits per heavy atom. The van der Waals surface area contributed by atoms with Gasteiger partial charge in [-0.05, 0) is 61.7 Å². The Balaban J connectivity index is 1.48. The Bertz CT molecular complexity index is 1240. The summed E-state index contributed by atoms with van der Waals surface area (Å²) in [6.45, 7) is 3.37. The van der Waals surface area contributed by atoms with E-state index in [0.29, 0.717) is 42.0 Å². The maximum absolute atomic E-state index is 13.5. The number of halogens is 1. The zero-order chi connectivity index (χ0) is 22.2. The van der Waals surface area contributed by atoms with Crippen LogP contribution in [0.2, 0.25) is 5.02 Å². The fourth-order valence-electron chi connectivity index (χ4n) is 4.30. The predicted molar refractivity (Wildman–Crippen MR) is 120 cm³/mol. The van der Waals surface area contributed by atoms with Crippen LogP contribution in [0.5, 0.6) is 11.5 Å². The highest BCUT2D eigenvalue weighted by molar-refractivity contribution is 6.30. The number of rotatable bonds is 3. The summed E-state index contributed by atoms with van der Waals surface area (Å²) in [6.07, 6.45) is 1.66. The van der Waals surface area contributed by atoms with Crippen molar-refractivity contribution in [2.24, 2.45) is 0 Å². The van der Waals surface area contributed by atoms with E-state index in [9.17, 15) is 9.59 Å². The van der Waals surface area contributed by atoms with Gasteiger partial charge in [0, 0.05) is 23.3 Å². The van der Waals surface area contributed by atoms with E-state index in [1.807, 2.05) is 18.2 Å². The topological polar surface area (TPSA) is 73.7 Å². The van der Waals surface area contributed by atoms with Gasteiger partial charge in [0.1, 0.15) is 13.2 Å². The molecule has 1 atom stereocenters. The minimum Gasteiger partial charge on any atom is -0.486 e. The van der Waals surface area contributed by atoms with Gasteiger partial charge in [-0.1, -0.05) is 17.7 Å². The van der Waals surface area contributed by atoms with Gasteiger partial charge in [0.15, 0.2) is 17.2 Å². The molecule has 3 heterocycles. The van der Waals surface area contributed by atoms with Crippen molar-refractivity contribution in [1.29, 1.82) is 0 Å². The van der Waals surface area contributed by atoms with Crippen LogP contribution < -0.4 is 14.9 Å². The summed E-state index contributed by atoms with van der Waals surface area (Å²) in [5.41, 5.74) is 1.86. The number of carbonyl (C=O) groups excluding carboxylic acids is 1. The third-order valence-electron chi connectivity index (χ3n) is 5.85. The number of hydrogen-bond acceptors (Lipinski definition) is 5. The van der Waals surface area contributed by atoms with Crippen LogP contribution in [0, 0.1) is 6.92 Å². The van der Waals surface area contributed by atoms with Gasteiger partial charge in [-0.25, -0.2) is 4.68 Å². The van der Waals surface area contributed by atoms with Crippen molar-refractivity contribution in [1.82, 2.24) is 14.7 Å². The number of benzene rings is 2. The molecule has 2 aliphatic rings. The first-order chi connectivity index (χ1) is 15.5. The highest BCUT2D eigenvalue weighted by atomic mass is 35.5. The molecule has 0 bridgehead atoms. The molecule has 5 rings (SSSR count). The summed E-state index contributed by atoms with van der Waals surface area (Å²) >= 11 is 5.99. The van der Waals surface area contributed by atoms with Gasteiger partial charge in [0.05, 0.1) is 11.7 Å². The highest BCUT2D eigenvalue weighted by Gasteiger charge is 2.33. The van der Waals surface area contributed by atoms with E-state index in [0.717, 1.165) is 24.1 Å². The summed E-state index contributed by atoms with van der Waals surface area (Å²) in [4.78, 5) is 27.9. The lowest BCUT2D eigenvalue weighted by Gasteiger charge is -2.26. The lowest BCUT2D eigenvalue weighted by atomic mass is 10.0. The number of ether oxygens (including phenoxy) is 2. The highest BCUT2D eigenvalue weighted by Crippen LogP contribution is 2.38. The predicted octanol–water partition coefficient (Wildman–Crippen LogP) is 3.94. The number of nitrogens with zero attached hydrogens (tertiary/aromatic N) is 3. The molecule has 1 fully saturated rings. The monoisotopic (exact) mass is 451 g/mol. The smallest absolute Gasteiger partial charge is 0.278 e. The van der Waals surface area contributed by atoms with E-state index < -0.39 is 0 Å². The first-order valence-electron chi connectivity index (χ1n) is 10.6. The maximum Gasteiger partial charge on any atom is 0.278 e. The third kappa shape index (κ3) is 3.73. The van der Waals surface area contributed by atoms with Crippen LogP contribution in [0.25, 0.3) is 5.69 Å². The average molecular weight is 452 g/mol. The summed E-state index contributed by atoms with van der Waals surface area (Å²) in [6, 6.07) is 14.2. The SMILES string of the molecule is Cc1cc(=O)c(C(=O)N2CCC[C@@H]2c2ccc3c(c2)OCCO3)nn1-c1ccc(Cl)cc1. The number of amides is 1. The second-order valence-corrected chi connectivity index (χ2v) is 8.38. The minimum atomic E-state index is -0.384. The summed E-state index contributed by atoms with van der Waals surface area (Å²) in [7, 11) is 0. The van der Waals surface area contributed by atoms with Crippen molar-refractivity contribution >= 4 is 17.5 Å². The standard InChI is InChI=1S/C24H22ClN3O4/c1-15-13-20(29)23(26-28(15)18-7-5-17(25)6-8-18)24(30)27-10-2-3-19(27)16-4-9-21-22(14-16)32-12-11-31-21/h4-9,13-14,19H,2-3,10-12H2,1H3/t19-/m1/s1. The van der Waals surface area contributed by atoms with Crippen LogP contribution in [-0.4, -0.2) is 40.3 Å². The van der Waals surface area contributed by atoms with Gasteiger partial charge >= 0.3 is 0 Å². The molecule has 0 saturated carbocycles. The fraction of sp³-hybridized carbons (Fsp3) is 0.292. The lowest BCUT2D eigenvalue weighted by molar-refractivity contribution is 0.0725. The molecule has 2 aromatic carbocycles. The van der Waals surface area contributed by atoms with Gasteiger partial charge in [-0.15, -0.1) is 0 Å². The van der Waals surface area contributed by atoms with E-state index in [-0.39, 0.29) is 23.1 Å². The van der Waals surface area contributed by atoms with Crippen LogP contribution in [0.4, 0.5) is 0 Å². The largest absolute Gasteiger partial charge is 0.486 e. The molecule has 1 saturated heterocycles. The molecule has 164 valence electrons. The number of aryl methyl sites for hydroxylation is 1. The van der Waals surface area contributed by atoms with Crippen LogP contribution in [0.3, 0.4) is 0 Å². The summed E-state index contributed by atoms with van der Waals surface area (Å²) in [5, 5.41) is 5.04. The van der Waals surface area contributed by atoms with Crippen molar-refractivity contribution in [2.45, 2.75) is 25.8 Å². The van der Waals surface area contributed by atoms with E-state index in [1.54, 1.807) is 40.8 Å². The normalized spacial score (nSPS) is 17.4. The molecule has 8 heteroatoms. The number of fused-ring (bicyclic) bond motifs is 1. The first kappa shape index (κ1) is 20.6. The second-order valence-electron chi connectivity index (χ2n) is 7.95. The Kier molecular flexibility index (Phi) is 5.35. The molecule has 2 aliphatic heterocycles. The maximum atomic E-state index is 13.5. The number of hydrogen-bond donors (Lipinski definition) is 0. The molecule has 0 unspecified atom stereocenters. The quantitative estimate of drug-likeness (QED) is 0.603. The van der Waals surface area contributed by atoms with Crippen molar-refractivity contribution in [3.8, 4) is 17.2 Å². The van der Waals surface area contributed by atoms with Crippen LogP contribution in [0.15, 0.2) is 53.3 Å². The van der Waals surface area contributed by atoms with Crippen molar-refractivity contribution in [3.05, 3.63) is 80.7 Å². The molecule has 0 aliphatic carbocycles. The van der Waals surface area contributed by atoms with E-state index >= 15 is 0 Å². The molecule has 0 spiro atoms. The molecule has 0 N–H and O–H groups in total. The van der Waals surface area contributed by atoms with Gasteiger partial charge < -0.3 is 14.4 Å². The molecule has 1 amide bonds. The second kappa shape index (κ2) is 8.31. The van der Waals surface area contributed by atoms with Gasteiger partial charge in [-0.2, -0.15) is 5.10 Å². The van der Waals surface area contributed by atoms with Crippen LogP contribution in [0.1, 0.15) is 40.6 Å². The average Bonchev–Trinajstić information content (AvgIpc) is 3.29. The number of aromatic nitrogens is 2. The van der Waals surface area contributed by atoms with Crippen LogP contribution in [-0.2, 0) is 0 Å². The van der Waals surface area contributed by atoms with Crippen molar-refractivity contribution in [2.75, 3.05) is 19.8 Å². The molecule has 1 aromatic heterocycles. The van der Waals surface area contributed by atoms with Gasteiger partial charge in [0.25, 0.3) is 5.91 Å². The molecule has 3 aromatic rings. The Labute approximate surface area is 190 Å². The van der Waals surface area contributed by atoms with E-state index in [1.165, 1.54) is 6.07 Å². The van der Waals surface area contributed by atoms with Gasteiger partial charge in [-0.3, -0.25) is 9.59 Å². The summed E-state index contributed by atoms with van der Waals surface area (Å²) < 4.78 is 12.9. The molecule has 32 heavy (non-hydrogen) atoms.